The predicted octanol–water partition coefficient (Wildman–Crippen LogP) is 1.84. The fourth-order valence-electron chi connectivity index (χ4n) is 0.143. The lowest BCUT2D eigenvalue weighted by molar-refractivity contribution is -0.131. The van der Waals surface area contributed by atoms with E-state index in [0.29, 0.717) is 0 Å². The van der Waals surface area contributed by atoms with Crippen LogP contribution in [0.1, 0.15) is 13.8 Å². The molecular weight excluding hydrogens is 116 g/mol. The van der Waals surface area contributed by atoms with E-state index in [4.69, 9.17) is 5.11 Å². The van der Waals surface area contributed by atoms with Crippen molar-refractivity contribution in [1.29, 1.82) is 0 Å². The summed E-state index contributed by atoms with van der Waals surface area (Å²) in [7, 11) is 0. The topological polar surface area (TPSA) is 37.3 Å². The Morgan fingerprint density at radius 2 is 1.89 bits per heavy atom. The largest absolute Gasteiger partial charge is 0.478 e. The highest BCUT2D eigenvalue weighted by Gasteiger charge is 1.76. The summed E-state index contributed by atoms with van der Waals surface area (Å²) in [6.07, 6.45) is 4.31. The van der Waals surface area contributed by atoms with E-state index in [1.165, 1.54) is 6.08 Å². The third kappa shape index (κ3) is 44.8. The second kappa shape index (κ2) is 10.0. The van der Waals surface area contributed by atoms with Gasteiger partial charge in [-0.05, 0) is 13.8 Å². The summed E-state index contributed by atoms with van der Waals surface area (Å²) in [5, 5.41) is 7.83. The number of aliphatic carboxylic acids is 1. The average molecular weight is 128 g/mol. The zero-order valence-electron chi connectivity index (χ0n) is 5.79. The highest BCUT2D eigenvalue weighted by Crippen LogP contribution is 1.65. The Bertz CT molecular complexity index is 103. The number of hydrogen-bond acceptors (Lipinski definition) is 1. The molecule has 0 bridgehead atoms. The molecule has 0 saturated heterocycles. The molecule has 0 aromatic heterocycles. The molecule has 0 aliphatic heterocycles. The van der Waals surface area contributed by atoms with Crippen molar-refractivity contribution in [3.05, 3.63) is 24.8 Å². The molecule has 0 heterocycles. The van der Waals surface area contributed by atoms with E-state index in [-0.39, 0.29) is 0 Å². The maximum Gasteiger partial charge on any atom is 0.327 e. The van der Waals surface area contributed by atoms with Crippen LogP contribution in [0.15, 0.2) is 24.8 Å². The highest BCUT2D eigenvalue weighted by molar-refractivity contribution is 5.79. The molecule has 0 aliphatic carbocycles. The van der Waals surface area contributed by atoms with E-state index in [1.807, 2.05) is 6.92 Å². The summed E-state index contributed by atoms with van der Waals surface area (Å²) in [6, 6.07) is 0. The number of allylic oxidation sites excluding steroid dienone is 2. The first-order chi connectivity index (χ1) is 4.18. The number of hydrogen-bond donors (Lipinski definition) is 1. The summed E-state index contributed by atoms with van der Waals surface area (Å²) < 4.78 is 0. The van der Waals surface area contributed by atoms with Crippen LogP contribution >= 0.6 is 0 Å². The minimum absolute atomic E-state index is 0.891. The Hall–Kier alpha value is -1.05. The Balaban J connectivity index is 0. The standard InChI is InChI=1S/C4H6O2.C3H6/c1-2-3-4(5)6;1-3-2/h2-3H,1H3,(H,5,6);3H,1H2,2H3. The van der Waals surface area contributed by atoms with Crippen LogP contribution < -0.4 is 0 Å². The maximum atomic E-state index is 9.51. The molecule has 0 aliphatic rings. The van der Waals surface area contributed by atoms with Gasteiger partial charge in [-0.2, -0.15) is 0 Å². The van der Waals surface area contributed by atoms with Crippen molar-refractivity contribution in [2.75, 3.05) is 0 Å². The summed E-state index contributed by atoms with van der Waals surface area (Å²) >= 11 is 0. The molecule has 0 radical (unpaired) electrons. The van der Waals surface area contributed by atoms with Crippen molar-refractivity contribution in [2.24, 2.45) is 0 Å². The zero-order chi connectivity index (χ0) is 7.70. The van der Waals surface area contributed by atoms with Gasteiger partial charge in [0.2, 0.25) is 0 Å². The fourth-order valence-corrected chi connectivity index (χ4v) is 0.143. The Morgan fingerprint density at radius 1 is 1.56 bits per heavy atom. The Labute approximate surface area is 55.5 Å². The van der Waals surface area contributed by atoms with Crippen LogP contribution in [0.2, 0.25) is 0 Å². The third-order valence-corrected chi connectivity index (χ3v) is 0.309. The van der Waals surface area contributed by atoms with Crippen molar-refractivity contribution < 1.29 is 9.90 Å². The minimum atomic E-state index is -0.891. The maximum absolute atomic E-state index is 9.51. The van der Waals surface area contributed by atoms with E-state index >= 15 is 0 Å². The molecule has 1 N–H and O–H groups in total. The van der Waals surface area contributed by atoms with Gasteiger partial charge in [0.25, 0.3) is 0 Å². The molecule has 2 nitrogen and oxygen atoms in total. The summed E-state index contributed by atoms with van der Waals surface area (Å²) in [6.45, 7) is 6.91. The van der Waals surface area contributed by atoms with Gasteiger partial charge in [-0.15, -0.1) is 6.58 Å². The molecule has 0 saturated carbocycles. The first-order valence-electron chi connectivity index (χ1n) is 2.61. The molecule has 0 aromatic rings. The molecule has 0 atom stereocenters. The normalized spacial score (nSPS) is 7.78. The van der Waals surface area contributed by atoms with Crippen LogP contribution in [0.5, 0.6) is 0 Å². The van der Waals surface area contributed by atoms with E-state index in [9.17, 15) is 4.79 Å². The van der Waals surface area contributed by atoms with Gasteiger partial charge in [0, 0.05) is 6.08 Å². The van der Waals surface area contributed by atoms with Crippen molar-refractivity contribution in [3.63, 3.8) is 0 Å². The molecule has 0 unspecified atom stereocenters. The van der Waals surface area contributed by atoms with Gasteiger partial charge in [-0.3, -0.25) is 0 Å². The molecule has 0 rings (SSSR count). The highest BCUT2D eigenvalue weighted by atomic mass is 16.4. The second-order valence-electron chi connectivity index (χ2n) is 1.25. The number of carbonyl (C=O) groups is 1. The molecule has 0 fully saturated rings. The van der Waals surface area contributed by atoms with Crippen LogP contribution in [0.4, 0.5) is 0 Å². The SMILES string of the molecule is C=CC.CC=CC(=O)O. The van der Waals surface area contributed by atoms with Crippen LogP contribution in [0.3, 0.4) is 0 Å². The Morgan fingerprint density at radius 3 is 1.89 bits per heavy atom. The van der Waals surface area contributed by atoms with E-state index in [2.05, 4.69) is 6.58 Å². The first-order valence-corrected chi connectivity index (χ1v) is 2.61. The second-order valence-corrected chi connectivity index (χ2v) is 1.25. The van der Waals surface area contributed by atoms with Crippen molar-refractivity contribution in [3.8, 4) is 0 Å². The lowest BCUT2D eigenvalue weighted by Crippen LogP contribution is -1.83. The van der Waals surface area contributed by atoms with Crippen LogP contribution in [-0.4, -0.2) is 11.1 Å². The van der Waals surface area contributed by atoms with Gasteiger partial charge in [-0.25, -0.2) is 4.79 Å². The van der Waals surface area contributed by atoms with Gasteiger partial charge in [0.05, 0.1) is 0 Å². The smallest absolute Gasteiger partial charge is 0.327 e. The molecule has 0 amide bonds. The van der Waals surface area contributed by atoms with Gasteiger partial charge >= 0.3 is 5.97 Å². The van der Waals surface area contributed by atoms with Gasteiger partial charge < -0.3 is 5.11 Å². The van der Waals surface area contributed by atoms with Gasteiger partial charge in [-0.1, -0.05) is 12.2 Å². The van der Waals surface area contributed by atoms with E-state index in [0.717, 1.165) is 6.08 Å². The molecule has 52 valence electrons. The molecule has 0 aromatic carbocycles. The summed E-state index contributed by atoms with van der Waals surface area (Å²) in [4.78, 5) is 9.51. The average Bonchev–Trinajstić information content (AvgIpc) is 1.67. The Kier molecular flexibility index (Phi) is 12.1. The first kappa shape index (κ1) is 10.8. The number of carboxylic acid groups (broad SMARTS) is 1. The van der Waals surface area contributed by atoms with Crippen LogP contribution in [0, 0.1) is 0 Å². The van der Waals surface area contributed by atoms with E-state index in [1.54, 1.807) is 13.0 Å². The van der Waals surface area contributed by atoms with Gasteiger partial charge in [0.15, 0.2) is 0 Å². The molecule has 2 heteroatoms. The number of carboxylic acids is 1. The lowest BCUT2D eigenvalue weighted by atomic mass is 10.5. The third-order valence-electron chi connectivity index (χ3n) is 0.309. The zero-order valence-corrected chi connectivity index (χ0v) is 5.79. The van der Waals surface area contributed by atoms with Crippen molar-refractivity contribution >= 4 is 5.97 Å². The lowest BCUT2D eigenvalue weighted by Gasteiger charge is -1.68. The van der Waals surface area contributed by atoms with Crippen molar-refractivity contribution in [1.82, 2.24) is 0 Å². The van der Waals surface area contributed by atoms with Crippen LogP contribution in [0.25, 0.3) is 0 Å². The van der Waals surface area contributed by atoms with Crippen LogP contribution in [-0.2, 0) is 4.79 Å². The summed E-state index contributed by atoms with van der Waals surface area (Å²) in [5.74, 6) is -0.891. The fraction of sp³-hybridized carbons (Fsp3) is 0.286. The molecular formula is C7H12O2. The molecule has 0 spiro atoms. The van der Waals surface area contributed by atoms with E-state index < -0.39 is 5.97 Å². The predicted molar refractivity (Wildman–Crippen MR) is 38.3 cm³/mol. The monoisotopic (exact) mass is 128 g/mol. The quantitative estimate of drug-likeness (QED) is 0.432. The number of rotatable bonds is 1. The minimum Gasteiger partial charge on any atom is -0.478 e. The molecule has 9 heavy (non-hydrogen) atoms. The van der Waals surface area contributed by atoms with Gasteiger partial charge in [0.1, 0.15) is 0 Å². The summed E-state index contributed by atoms with van der Waals surface area (Å²) in [5.41, 5.74) is 0. The van der Waals surface area contributed by atoms with Crippen molar-refractivity contribution in [2.45, 2.75) is 13.8 Å².